The molecule has 108 valence electrons. The largest absolute Gasteiger partial charge is 0.394 e. The van der Waals surface area contributed by atoms with E-state index in [1.54, 1.807) is 6.92 Å². The first-order chi connectivity index (χ1) is 9.17. The van der Waals surface area contributed by atoms with E-state index in [1.165, 1.54) is 32.1 Å². The molecular weight excluding hydrogens is 242 g/mol. The van der Waals surface area contributed by atoms with Crippen molar-refractivity contribution >= 4 is 0 Å². The van der Waals surface area contributed by atoms with E-state index in [4.69, 9.17) is 0 Å². The zero-order valence-electron chi connectivity index (χ0n) is 11.7. The molecule has 1 heterocycles. The molecule has 0 spiro atoms. The van der Waals surface area contributed by atoms with Crippen LogP contribution in [0, 0.1) is 0 Å². The van der Waals surface area contributed by atoms with Gasteiger partial charge in [-0.2, -0.15) is 5.10 Å². The lowest BCUT2D eigenvalue weighted by Crippen LogP contribution is -2.48. The van der Waals surface area contributed by atoms with Gasteiger partial charge in [-0.15, -0.1) is 0 Å². The Bertz CT molecular complexity index is 382. The molecule has 0 aromatic carbocycles. The topological polar surface area (TPSA) is 70.3 Å². The summed E-state index contributed by atoms with van der Waals surface area (Å²) in [4.78, 5) is 0. The fraction of sp³-hybridized carbons (Fsp3) is 0.786. The van der Waals surface area contributed by atoms with Gasteiger partial charge in [0.05, 0.1) is 30.5 Å². The Balaban J connectivity index is 1.90. The third-order valence-electron chi connectivity index (χ3n) is 4.01. The molecule has 5 nitrogen and oxygen atoms in total. The minimum absolute atomic E-state index is 0.0904. The van der Waals surface area contributed by atoms with E-state index < -0.39 is 5.54 Å². The van der Waals surface area contributed by atoms with Gasteiger partial charge in [0.15, 0.2) is 0 Å². The van der Waals surface area contributed by atoms with Crippen molar-refractivity contribution in [3.63, 3.8) is 0 Å². The van der Waals surface area contributed by atoms with Crippen LogP contribution in [0.4, 0.5) is 0 Å². The number of hydrogen-bond acceptors (Lipinski definition) is 4. The van der Waals surface area contributed by atoms with E-state index in [0.717, 1.165) is 5.69 Å². The number of hydrogen-bond donors (Lipinski definition) is 3. The average molecular weight is 267 g/mol. The van der Waals surface area contributed by atoms with Crippen LogP contribution in [0.15, 0.2) is 12.3 Å². The Morgan fingerprint density at radius 2 is 2.00 bits per heavy atom. The van der Waals surface area contributed by atoms with Crippen LogP contribution in [0.25, 0.3) is 0 Å². The highest BCUT2D eigenvalue weighted by Crippen LogP contribution is 2.27. The molecule has 0 atom stereocenters. The fourth-order valence-electron chi connectivity index (χ4n) is 2.49. The third kappa shape index (κ3) is 3.78. The highest BCUT2D eigenvalue weighted by atomic mass is 16.3. The Morgan fingerprint density at radius 3 is 2.63 bits per heavy atom. The van der Waals surface area contributed by atoms with Crippen molar-refractivity contribution < 1.29 is 10.2 Å². The molecule has 1 aliphatic rings. The second-order valence-corrected chi connectivity index (χ2v) is 5.81. The van der Waals surface area contributed by atoms with Crippen LogP contribution < -0.4 is 5.32 Å². The second-order valence-electron chi connectivity index (χ2n) is 5.81. The van der Waals surface area contributed by atoms with Crippen LogP contribution in [0.3, 0.4) is 0 Å². The van der Waals surface area contributed by atoms with Gasteiger partial charge >= 0.3 is 0 Å². The SMILES string of the molecule is CC(CO)(CO)NCc1ccn(C2CCCCC2)n1. The van der Waals surface area contributed by atoms with Crippen LogP contribution in [-0.2, 0) is 6.54 Å². The summed E-state index contributed by atoms with van der Waals surface area (Å²) in [6.07, 6.45) is 8.43. The summed E-state index contributed by atoms with van der Waals surface area (Å²) >= 11 is 0. The predicted molar refractivity (Wildman–Crippen MR) is 73.8 cm³/mol. The summed E-state index contributed by atoms with van der Waals surface area (Å²) in [7, 11) is 0. The number of nitrogens with zero attached hydrogens (tertiary/aromatic N) is 2. The van der Waals surface area contributed by atoms with Gasteiger partial charge in [0, 0.05) is 12.7 Å². The molecule has 0 amide bonds. The number of aliphatic hydroxyl groups excluding tert-OH is 2. The van der Waals surface area contributed by atoms with Crippen molar-refractivity contribution in [2.45, 2.75) is 57.2 Å². The molecule has 1 fully saturated rings. The summed E-state index contributed by atoms with van der Waals surface area (Å²) in [5, 5.41) is 26.2. The zero-order chi connectivity index (χ0) is 13.7. The summed E-state index contributed by atoms with van der Waals surface area (Å²) in [6.45, 7) is 2.18. The van der Waals surface area contributed by atoms with Gasteiger partial charge in [-0.05, 0) is 25.8 Å². The molecule has 0 radical (unpaired) electrons. The summed E-state index contributed by atoms with van der Waals surface area (Å²) in [6, 6.07) is 2.56. The highest BCUT2D eigenvalue weighted by molar-refractivity contribution is 5.01. The van der Waals surface area contributed by atoms with Crippen LogP contribution in [-0.4, -0.2) is 38.7 Å². The Kier molecular flexibility index (Phi) is 4.96. The molecule has 1 aliphatic carbocycles. The van der Waals surface area contributed by atoms with Crippen molar-refractivity contribution in [3.05, 3.63) is 18.0 Å². The predicted octanol–water partition coefficient (Wildman–Crippen LogP) is 1.22. The molecule has 1 aromatic rings. The summed E-state index contributed by atoms with van der Waals surface area (Å²) in [5.74, 6) is 0. The van der Waals surface area contributed by atoms with E-state index in [1.807, 2.05) is 12.3 Å². The van der Waals surface area contributed by atoms with Gasteiger partial charge < -0.3 is 15.5 Å². The van der Waals surface area contributed by atoms with E-state index in [-0.39, 0.29) is 13.2 Å². The number of nitrogens with one attached hydrogen (secondary N) is 1. The second kappa shape index (κ2) is 6.50. The Labute approximate surface area is 114 Å². The van der Waals surface area contributed by atoms with Crippen LogP contribution >= 0.6 is 0 Å². The van der Waals surface area contributed by atoms with E-state index >= 15 is 0 Å². The van der Waals surface area contributed by atoms with Gasteiger partial charge in [-0.3, -0.25) is 4.68 Å². The first kappa shape index (κ1) is 14.5. The van der Waals surface area contributed by atoms with Gasteiger partial charge in [-0.1, -0.05) is 19.3 Å². The van der Waals surface area contributed by atoms with Crippen LogP contribution in [0.1, 0.15) is 50.8 Å². The van der Waals surface area contributed by atoms with Gasteiger partial charge in [0.2, 0.25) is 0 Å². The number of aliphatic hydroxyl groups is 2. The molecule has 0 bridgehead atoms. The molecule has 0 saturated heterocycles. The quantitative estimate of drug-likeness (QED) is 0.725. The minimum atomic E-state index is -0.644. The molecule has 1 aromatic heterocycles. The Morgan fingerprint density at radius 1 is 1.32 bits per heavy atom. The third-order valence-corrected chi connectivity index (χ3v) is 4.01. The normalized spacial score (nSPS) is 17.8. The van der Waals surface area contributed by atoms with Crippen molar-refractivity contribution in [3.8, 4) is 0 Å². The molecule has 19 heavy (non-hydrogen) atoms. The lowest BCUT2D eigenvalue weighted by molar-refractivity contribution is 0.103. The van der Waals surface area contributed by atoms with Gasteiger partial charge in [-0.25, -0.2) is 0 Å². The molecule has 0 aliphatic heterocycles. The molecule has 3 N–H and O–H groups in total. The van der Waals surface area contributed by atoms with Gasteiger partial charge in [0.1, 0.15) is 0 Å². The number of aromatic nitrogens is 2. The van der Waals surface area contributed by atoms with Gasteiger partial charge in [0.25, 0.3) is 0 Å². The maximum Gasteiger partial charge on any atom is 0.0762 e. The molecule has 2 rings (SSSR count). The zero-order valence-corrected chi connectivity index (χ0v) is 11.7. The van der Waals surface area contributed by atoms with E-state index in [0.29, 0.717) is 12.6 Å². The fourth-order valence-corrected chi connectivity index (χ4v) is 2.49. The molecular formula is C14H25N3O2. The lowest BCUT2D eigenvalue weighted by atomic mass is 9.96. The summed E-state index contributed by atoms with van der Waals surface area (Å²) < 4.78 is 2.07. The first-order valence-corrected chi connectivity index (χ1v) is 7.18. The smallest absolute Gasteiger partial charge is 0.0762 e. The first-order valence-electron chi connectivity index (χ1n) is 7.18. The van der Waals surface area contributed by atoms with E-state index in [9.17, 15) is 10.2 Å². The van der Waals surface area contributed by atoms with Crippen molar-refractivity contribution in [1.82, 2.24) is 15.1 Å². The molecule has 0 unspecified atom stereocenters. The standard InChI is InChI=1S/C14H25N3O2/c1-14(10-18,11-19)15-9-12-7-8-17(16-12)13-5-3-2-4-6-13/h7-8,13,15,18-19H,2-6,9-11H2,1H3. The van der Waals surface area contributed by atoms with Crippen LogP contribution in [0.2, 0.25) is 0 Å². The highest BCUT2D eigenvalue weighted by Gasteiger charge is 2.22. The maximum atomic E-state index is 9.22. The maximum absolute atomic E-state index is 9.22. The van der Waals surface area contributed by atoms with Crippen molar-refractivity contribution in [1.29, 1.82) is 0 Å². The van der Waals surface area contributed by atoms with Crippen LogP contribution in [0.5, 0.6) is 0 Å². The molecule has 1 saturated carbocycles. The average Bonchev–Trinajstić information content (AvgIpc) is 2.95. The van der Waals surface area contributed by atoms with Crippen molar-refractivity contribution in [2.75, 3.05) is 13.2 Å². The number of rotatable bonds is 6. The monoisotopic (exact) mass is 267 g/mol. The van der Waals surface area contributed by atoms with Crippen molar-refractivity contribution in [2.24, 2.45) is 0 Å². The summed E-state index contributed by atoms with van der Waals surface area (Å²) in [5.41, 5.74) is 0.313. The molecule has 5 heteroatoms. The van der Waals surface area contributed by atoms with E-state index in [2.05, 4.69) is 15.1 Å². The lowest BCUT2D eigenvalue weighted by Gasteiger charge is -2.25. The Hall–Kier alpha value is -0.910. The minimum Gasteiger partial charge on any atom is -0.394 e.